The lowest BCUT2D eigenvalue weighted by molar-refractivity contribution is -0.917. The van der Waals surface area contributed by atoms with Gasteiger partial charge in [0.25, 0.3) is 0 Å². The maximum Gasteiger partial charge on any atom is 0.311 e. The Morgan fingerprint density at radius 1 is 0.621 bits per heavy atom. The van der Waals surface area contributed by atoms with Crippen molar-refractivity contribution in [1.82, 2.24) is 0 Å². The van der Waals surface area contributed by atoms with Gasteiger partial charge in [0, 0.05) is 12.8 Å². The molecule has 0 saturated carbocycles. The standard InChI is InChI=1S/C23H54NO2Si3/c1-9-11-13-14-18-24(19-15-16-20-24)21-17-23-28(5,6)26-29(7,8)25-27(3,4)22-12-10-2/h9-23H2,1-8H3/q+1. The smallest absolute Gasteiger partial charge is 0.311 e. The molecular weight excluding hydrogens is 407 g/mol. The number of quaternary nitrogens is 1. The first kappa shape index (κ1) is 27.6. The van der Waals surface area contributed by atoms with Crippen molar-refractivity contribution < 1.29 is 12.7 Å². The molecule has 0 spiro atoms. The van der Waals surface area contributed by atoms with E-state index in [0.29, 0.717) is 0 Å². The summed E-state index contributed by atoms with van der Waals surface area (Å²) >= 11 is 0. The lowest BCUT2D eigenvalue weighted by Crippen LogP contribution is -2.52. The van der Waals surface area contributed by atoms with Crippen LogP contribution in [0.15, 0.2) is 0 Å². The topological polar surface area (TPSA) is 18.5 Å². The molecule has 0 aromatic rings. The Morgan fingerprint density at radius 3 is 1.62 bits per heavy atom. The van der Waals surface area contributed by atoms with E-state index >= 15 is 0 Å². The molecule has 0 amide bonds. The van der Waals surface area contributed by atoms with E-state index in [-0.39, 0.29) is 0 Å². The number of hydrogen-bond donors (Lipinski definition) is 0. The van der Waals surface area contributed by atoms with E-state index < -0.39 is 25.2 Å². The third-order valence-electron chi connectivity index (χ3n) is 6.59. The zero-order valence-electron chi connectivity index (χ0n) is 21.4. The van der Waals surface area contributed by atoms with Gasteiger partial charge in [0.05, 0.1) is 26.2 Å². The Balaban J connectivity index is 2.49. The molecule has 0 bridgehead atoms. The minimum Gasteiger partial charge on any atom is -0.437 e. The summed E-state index contributed by atoms with van der Waals surface area (Å²) in [7, 11) is -5.30. The van der Waals surface area contributed by atoms with Gasteiger partial charge in [0.15, 0.2) is 16.6 Å². The number of likely N-dealkylation sites (tertiary alicyclic amines) is 1. The summed E-state index contributed by atoms with van der Waals surface area (Å²) < 4.78 is 15.0. The summed E-state index contributed by atoms with van der Waals surface area (Å²) in [5, 5.41) is 0. The van der Waals surface area contributed by atoms with E-state index in [1.54, 1.807) is 0 Å². The first-order valence-corrected chi connectivity index (χ1v) is 21.7. The summed E-state index contributed by atoms with van der Waals surface area (Å²) in [4.78, 5) is 0. The fraction of sp³-hybridized carbons (Fsp3) is 1.00. The van der Waals surface area contributed by atoms with Crippen molar-refractivity contribution in [2.24, 2.45) is 0 Å². The van der Waals surface area contributed by atoms with Crippen LogP contribution in [0.3, 0.4) is 0 Å². The second-order valence-electron chi connectivity index (χ2n) is 11.3. The van der Waals surface area contributed by atoms with Crippen LogP contribution in [0.4, 0.5) is 0 Å². The molecule has 0 atom stereocenters. The number of rotatable bonds is 16. The largest absolute Gasteiger partial charge is 0.437 e. The summed E-state index contributed by atoms with van der Waals surface area (Å²) in [6, 6.07) is 2.56. The molecule has 6 heteroatoms. The van der Waals surface area contributed by atoms with Gasteiger partial charge >= 0.3 is 8.56 Å². The molecule has 174 valence electrons. The van der Waals surface area contributed by atoms with Crippen LogP contribution in [0.25, 0.3) is 0 Å². The molecule has 0 aromatic carbocycles. The van der Waals surface area contributed by atoms with Crippen LogP contribution in [-0.2, 0) is 8.23 Å². The van der Waals surface area contributed by atoms with Crippen molar-refractivity contribution in [2.75, 3.05) is 26.2 Å². The summed E-state index contributed by atoms with van der Waals surface area (Å²) in [5.74, 6) is 0. The fourth-order valence-corrected chi connectivity index (χ4v) is 19.6. The molecule has 1 rings (SSSR count). The predicted octanol–water partition coefficient (Wildman–Crippen LogP) is 7.51. The maximum atomic E-state index is 6.84. The van der Waals surface area contributed by atoms with Gasteiger partial charge in [0.2, 0.25) is 0 Å². The second-order valence-corrected chi connectivity index (χ2v) is 23.8. The molecule has 1 saturated heterocycles. The molecule has 0 N–H and O–H groups in total. The molecule has 3 nitrogen and oxygen atoms in total. The maximum absolute atomic E-state index is 6.84. The lowest BCUT2D eigenvalue weighted by atomic mass is 10.2. The molecule has 1 aliphatic rings. The normalized spacial score (nSPS) is 17.8. The first-order chi connectivity index (χ1) is 13.4. The first-order valence-electron chi connectivity index (χ1n) is 12.7. The highest BCUT2D eigenvalue weighted by Crippen LogP contribution is 2.28. The van der Waals surface area contributed by atoms with Crippen molar-refractivity contribution in [3.63, 3.8) is 0 Å². The van der Waals surface area contributed by atoms with E-state index in [4.69, 9.17) is 8.23 Å². The van der Waals surface area contributed by atoms with Gasteiger partial charge in [0.1, 0.15) is 0 Å². The van der Waals surface area contributed by atoms with E-state index in [1.807, 2.05) is 0 Å². The van der Waals surface area contributed by atoms with Crippen LogP contribution in [0, 0.1) is 0 Å². The average molecular weight is 461 g/mol. The van der Waals surface area contributed by atoms with Crippen LogP contribution in [-0.4, -0.2) is 55.9 Å². The Labute approximate surface area is 187 Å². The van der Waals surface area contributed by atoms with Crippen molar-refractivity contribution >= 4 is 25.2 Å². The number of nitrogens with zero attached hydrogens (tertiary/aromatic N) is 1. The number of hydrogen-bond acceptors (Lipinski definition) is 2. The van der Waals surface area contributed by atoms with Gasteiger partial charge in [-0.3, -0.25) is 0 Å². The van der Waals surface area contributed by atoms with Crippen molar-refractivity contribution in [3.8, 4) is 0 Å². The zero-order chi connectivity index (χ0) is 22.0. The minimum atomic E-state index is -2.04. The Morgan fingerprint density at radius 2 is 1.10 bits per heavy atom. The lowest BCUT2D eigenvalue weighted by Gasteiger charge is -2.39. The van der Waals surface area contributed by atoms with Crippen molar-refractivity contribution in [3.05, 3.63) is 0 Å². The quantitative estimate of drug-likeness (QED) is 0.135. The molecule has 0 radical (unpaired) electrons. The molecule has 0 aromatic heterocycles. The fourth-order valence-electron chi connectivity index (χ4n) is 5.34. The molecule has 1 heterocycles. The van der Waals surface area contributed by atoms with Crippen LogP contribution in [0.5, 0.6) is 0 Å². The molecule has 1 aliphatic heterocycles. The molecule has 1 fully saturated rings. The van der Waals surface area contributed by atoms with Gasteiger partial charge in [-0.15, -0.1) is 0 Å². The zero-order valence-corrected chi connectivity index (χ0v) is 24.4. The third-order valence-corrected chi connectivity index (χ3v) is 18.1. The Hall–Kier alpha value is 0.531. The van der Waals surface area contributed by atoms with Gasteiger partial charge < -0.3 is 12.7 Å². The van der Waals surface area contributed by atoms with Gasteiger partial charge in [-0.1, -0.05) is 39.5 Å². The Kier molecular flexibility index (Phi) is 11.9. The number of unbranched alkanes of at least 4 members (excludes halogenated alkanes) is 4. The molecule has 29 heavy (non-hydrogen) atoms. The van der Waals surface area contributed by atoms with E-state index in [9.17, 15) is 0 Å². The molecule has 0 aliphatic carbocycles. The van der Waals surface area contributed by atoms with E-state index in [1.165, 1.54) is 101 Å². The second kappa shape index (κ2) is 12.5. The van der Waals surface area contributed by atoms with E-state index in [0.717, 1.165) is 0 Å². The van der Waals surface area contributed by atoms with Crippen molar-refractivity contribution in [2.45, 2.75) is 123 Å². The van der Waals surface area contributed by atoms with Crippen molar-refractivity contribution in [1.29, 1.82) is 0 Å². The molecule has 0 unspecified atom stereocenters. The minimum absolute atomic E-state index is 1.27. The highest BCUT2D eigenvalue weighted by atomic mass is 28.5. The van der Waals surface area contributed by atoms with Gasteiger partial charge in [-0.2, -0.15) is 0 Å². The summed E-state index contributed by atoms with van der Waals surface area (Å²) in [5.41, 5.74) is 0. The summed E-state index contributed by atoms with van der Waals surface area (Å²) in [6.45, 7) is 24.5. The van der Waals surface area contributed by atoms with Crippen LogP contribution < -0.4 is 0 Å². The van der Waals surface area contributed by atoms with Crippen LogP contribution in [0.1, 0.15) is 71.6 Å². The van der Waals surface area contributed by atoms with Gasteiger partial charge in [-0.05, 0) is 70.6 Å². The van der Waals surface area contributed by atoms with E-state index in [2.05, 4.69) is 53.1 Å². The SMILES string of the molecule is CCCCCC[N+]1(CCC[Si](C)(C)O[Si](C)(C)O[Si](C)(C)CCCC)CCCC1. The predicted molar refractivity (Wildman–Crippen MR) is 137 cm³/mol. The monoisotopic (exact) mass is 460 g/mol. The summed E-state index contributed by atoms with van der Waals surface area (Å²) in [6.07, 6.45) is 12.4. The van der Waals surface area contributed by atoms with Crippen LogP contribution in [0.2, 0.25) is 51.4 Å². The average Bonchev–Trinajstić information content (AvgIpc) is 3.03. The highest BCUT2D eigenvalue weighted by molar-refractivity contribution is 6.87. The third kappa shape index (κ3) is 11.6. The van der Waals surface area contributed by atoms with Gasteiger partial charge in [-0.25, -0.2) is 0 Å². The highest BCUT2D eigenvalue weighted by Gasteiger charge is 2.40. The Bertz CT molecular complexity index is 449. The van der Waals surface area contributed by atoms with Crippen LogP contribution >= 0.6 is 0 Å². The molecular formula is C23H54NO2Si3+.